The number of hydrogen-bond donors (Lipinski definition) is 2. The van der Waals surface area contributed by atoms with Gasteiger partial charge in [0.15, 0.2) is 11.5 Å². The lowest BCUT2D eigenvalue weighted by atomic mass is 9.94. The Balaban J connectivity index is 1.35. The van der Waals surface area contributed by atoms with E-state index in [9.17, 15) is 13.2 Å². The van der Waals surface area contributed by atoms with E-state index < -0.39 is 16.1 Å². The number of hydrogen-bond acceptors (Lipinski definition) is 6. The summed E-state index contributed by atoms with van der Waals surface area (Å²) in [4.78, 5) is 12.3. The topological polar surface area (TPSA) is 103 Å². The first-order valence-electron chi connectivity index (χ1n) is 9.94. The van der Waals surface area contributed by atoms with E-state index in [1.54, 1.807) is 18.2 Å². The lowest BCUT2D eigenvalue weighted by Gasteiger charge is -2.29. The zero-order chi connectivity index (χ0) is 21.0. The molecule has 0 radical (unpaired) electrons. The maximum absolute atomic E-state index is 12.8. The van der Waals surface area contributed by atoms with Gasteiger partial charge in [-0.2, -0.15) is 0 Å². The number of carbonyl (C=O) groups excluding carboxylic acids is 1. The Labute approximate surface area is 175 Å². The van der Waals surface area contributed by atoms with Crippen molar-refractivity contribution in [3.63, 3.8) is 0 Å². The summed E-state index contributed by atoms with van der Waals surface area (Å²) in [6, 6.07) is 13.3. The molecule has 4 rings (SSSR count). The predicted octanol–water partition coefficient (Wildman–Crippen LogP) is 3.30. The van der Waals surface area contributed by atoms with Crippen LogP contribution in [0.1, 0.15) is 25.7 Å². The van der Waals surface area contributed by atoms with E-state index in [-0.39, 0.29) is 17.0 Å². The average Bonchev–Trinajstić information content (AvgIpc) is 2.74. The summed E-state index contributed by atoms with van der Waals surface area (Å²) in [6.07, 6.45) is 1.68. The molecule has 2 aliphatic rings. The third-order valence-electron chi connectivity index (χ3n) is 5.07. The minimum atomic E-state index is -3.74. The van der Waals surface area contributed by atoms with E-state index in [1.165, 1.54) is 12.1 Å². The summed E-state index contributed by atoms with van der Waals surface area (Å²) >= 11 is 0. The van der Waals surface area contributed by atoms with E-state index in [0.29, 0.717) is 49.7 Å². The number of nitrogens with one attached hydrogen (secondary N) is 2. The summed E-state index contributed by atoms with van der Waals surface area (Å²) in [6.45, 7) is 0.829. The molecular weight excluding hydrogens is 408 g/mol. The molecule has 1 heterocycles. The highest BCUT2D eigenvalue weighted by atomic mass is 32.2. The minimum Gasteiger partial charge on any atom is -0.486 e. The van der Waals surface area contributed by atoms with Crippen LogP contribution in [0.15, 0.2) is 53.4 Å². The van der Waals surface area contributed by atoms with Gasteiger partial charge in [0, 0.05) is 24.2 Å². The van der Waals surface area contributed by atoms with Crippen molar-refractivity contribution in [2.75, 3.05) is 18.5 Å². The highest BCUT2D eigenvalue weighted by Crippen LogP contribution is 2.32. The van der Waals surface area contributed by atoms with Crippen molar-refractivity contribution in [3.8, 4) is 11.5 Å². The maximum atomic E-state index is 12.8. The van der Waals surface area contributed by atoms with E-state index in [2.05, 4.69) is 10.0 Å². The monoisotopic (exact) mass is 432 g/mol. The molecular formula is C21H24N2O6S. The van der Waals surface area contributed by atoms with Gasteiger partial charge in [-0.05, 0) is 43.5 Å². The second kappa shape index (κ2) is 8.93. The first-order valence-corrected chi connectivity index (χ1v) is 11.4. The van der Waals surface area contributed by atoms with Crippen LogP contribution in [0, 0.1) is 0 Å². The number of fused-ring (bicyclic) bond motifs is 1. The molecule has 2 unspecified atom stereocenters. The van der Waals surface area contributed by atoms with E-state index in [1.807, 2.05) is 18.2 Å². The molecule has 0 bridgehead atoms. The second-order valence-corrected chi connectivity index (χ2v) is 9.02. The van der Waals surface area contributed by atoms with Gasteiger partial charge in [-0.25, -0.2) is 17.9 Å². The Morgan fingerprint density at radius 2 is 1.77 bits per heavy atom. The molecule has 0 saturated heterocycles. The van der Waals surface area contributed by atoms with Crippen molar-refractivity contribution >= 4 is 21.8 Å². The molecule has 1 aliphatic heterocycles. The summed E-state index contributed by atoms with van der Waals surface area (Å²) < 4.78 is 44.8. The number of rotatable bonds is 5. The molecule has 0 aromatic heterocycles. The first kappa shape index (κ1) is 20.5. The fraction of sp³-hybridized carbons (Fsp3) is 0.381. The van der Waals surface area contributed by atoms with Crippen LogP contribution in [-0.2, 0) is 14.8 Å². The summed E-state index contributed by atoms with van der Waals surface area (Å²) in [5, 5.41) is 2.68. The molecule has 8 nitrogen and oxygen atoms in total. The van der Waals surface area contributed by atoms with Gasteiger partial charge in [0.2, 0.25) is 10.0 Å². The maximum Gasteiger partial charge on any atom is 0.411 e. The quantitative estimate of drug-likeness (QED) is 0.752. The largest absolute Gasteiger partial charge is 0.486 e. The zero-order valence-corrected chi connectivity index (χ0v) is 17.2. The Morgan fingerprint density at radius 1 is 1.00 bits per heavy atom. The Bertz CT molecular complexity index is 996. The standard InChI is InChI=1S/C21H24N2O6S/c24-21(22-15-5-2-1-3-6-15)29-17-8-4-7-16(13-17)23-30(25,26)18-9-10-19-20(14-18)28-12-11-27-19/h1-3,5-6,9-10,14,16-17,23H,4,7-8,11-13H2,(H,22,24). The van der Waals surface area contributed by atoms with Gasteiger partial charge < -0.3 is 14.2 Å². The van der Waals surface area contributed by atoms with Crippen molar-refractivity contribution in [1.29, 1.82) is 0 Å². The SMILES string of the molecule is O=C(Nc1ccccc1)OC1CCCC(NS(=O)(=O)c2ccc3c(c2)OCCO3)C1. The molecule has 2 N–H and O–H groups in total. The number of carbonyl (C=O) groups is 1. The summed E-state index contributed by atoms with van der Waals surface area (Å²) in [7, 11) is -3.74. The molecule has 1 fully saturated rings. The van der Waals surface area contributed by atoms with Crippen molar-refractivity contribution in [1.82, 2.24) is 4.72 Å². The molecule has 160 valence electrons. The van der Waals surface area contributed by atoms with Crippen LogP contribution >= 0.6 is 0 Å². The number of amides is 1. The zero-order valence-electron chi connectivity index (χ0n) is 16.4. The van der Waals surface area contributed by atoms with Crippen LogP contribution in [0.2, 0.25) is 0 Å². The van der Waals surface area contributed by atoms with E-state index >= 15 is 0 Å². The van der Waals surface area contributed by atoms with Crippen LogP contribution in [-0.4, -0.2) is 39.9 Å². The normalized spacial score (nSPS) is 20.9. The molecule has 1 amide bonds. The molecule has 30 heavy (non-hydrogen) atoms. The van der Waals surface area contributed by atoms with Crippen LogP contribution in [0.4, 0.5) is 10.5 Å². The van der Waals surface area contributed by atoms with Gasteiger partial charge in [-0.1, -0.05) is 18.2 Å². The summed E-state index contributed by atoms with van der Waals surface area (Å²) in [5.74, 6) is 0.960. The molecule has 9 heteroatoms. The number of para-hydroxylation sites is 1. The van der Waals surface area contributed by atoms with Gasteiger partial charge in [-0.3, -0.25) is 5.32 Å². The van der Waals surface area contributed by atoms with Crippen LogP contribution in [0.25, 0.3) is 0 Å². The molecule has 2 aromatic carbocycles. The van der Waals surface area contributed by atoms with Crippen LogP contribution in [0.5, 0.6) is 11.5 Å². The molecule has 2 atom stereocenters. The molecule has 0 spiro atoms. The van der Waals surface area contributed by atoms with Gasteiger partial charge in [-0.15, -0.1) is 0 Å². The van der Waals surface area contributed by atoms with Crippen molar-refractivity contribution in [2.45, 2.75) is 42.7 Å². The Kier molecular flexibility index (Phi) is 6.10. The summed E-state index contributed by atoms with van der Waals surface area (Å²) in [5.41, 5.74) is 0.647. The van der Waals surface area contributed by atoms with E-state index in [0.717, 1.165) is 6.42 Å². The number of benzene rings is 2. The van der Waals surface area contributed by atoms with Crippen molar-refractivity contribution < 1.29 is 27.4 Å². The molecule has 2 aromatic rings. The number of sulfonamides is 1. The highest BCUT2D eigenvalue weighted by Gasteiger charge is 2.29. The van der Waals surface area contributed by atoms with Crippen molar-refractivity contribution in [2.24, 2.45) is 0 Å². The fourth-order valence-corrected chi connectivity index (χ4v) is 4.96. The predicted molar refractivity (Wildman–Crippen MR) is 110 cm³/mol. The highest BCUT2D eigenvalue weighted by molar-refractivity contribution is 7.89. The third kappa shape index (κ3) is 5.03. The Morgan fingerprint density at radius 3 is 2.57 bits per heavy atom. The first-order chi connectivity index (χ1) is 14.5. The number of ether oxygens (including phenoxy) is 3. The third-order valence-corrected chi connectivity index (χ3v) is 6.58. The Hall–Kier alpha value is -2.78. The second-order valence-electron chi connectivity index (χ2n) is 7.31. The number of anilines is 1. The van der Waals surface area contributed by atoms with E-state index in [4.69, 9.17) is 14.2 Å². The van der Waals surface area contributed by atoms with Gasteiger partial charge >= 0.3 is 6.09 Å². The van der Waals surface area contributed by atoms with Crippen molar-refractivity contribution in [3.05, 3.63) is 48.5 Å². The molecule has 1 saturated carbocycles. The fourth-order valence-electron chi connectivity index (χ4n) is 3.66. The minimum absolute atomic E-state index is 0.122. The molecule has 1 aliphatic carbocycles. The lowest BCUT2D eigenvalue weighted by Crippen LogP contribution is -2.41. The smallest absolute Gasteiger partial charge is 0.411 e. The average molecular weight is 432 g/mol. The van der Waals surface area contributed by atoms with Gasteiger partial charge in [0.25, 0.3) is 0 Å². The lowest BCUT2D eigenvalue weighted by molar-refractivity contribution is 0.0793. The van der Waals surface area contributed by atoms with Gasteiger partial charge in [0.1, 0.15) is 19.3 Å². The van der Waals surface area contributed by atoms with Crippen LogP contribution in [0.3, 0.4) is 0 Å². The van der Waals surface area contributed by atoms with Crippen LogP contribution < -0.4 is 19.5 Å². The van der Waals surface area contributed by atoms with Gasteiger partial charge in [0.05, 0.1) is 4.90 Å².